The Morgan fingerprint density at radius 3 is 2.33 bits per heavy atom. The molecule has 2 saturated heterocycles. The molecule has 2 aromatic rings. The average Bonchev–Trinajstić information content (AvgIpc) is 3.89. The number of thiazole rings is 1. The van der Waals surface area contributed by atoms with Crippen molar-refractivity contribution in [1.82, 2.24) is 9.47 Å². The smallest absolute Gasteiger partial charge is 0.267 e. The van der Waals surface area contributed by atoms with Crippen LogP contribution in [0.25, 0.3) is 0 Å². The number of hydrogen-bond donors (Lipinski definition) is 2. The number of benzene rings is 1. The summed E-state index contributed by atoms with van der Waals surface area (Å²) >= 11 is 2.82. The van der Waals surface area contributed by atoms with Gasteiger partial charge in [0.2, 0.25) is 5.66 Å². The van der Waals surface area contributed by atoms with E-state index >= 15 is 0 Å². The van der Waals surface area contributed by atoms with E-state index in [2.05, 4.69) is 4.57 Å². The molecule has 1 amide bonds. The van der Waals surface area contributed by atoms with Crippen molar-refractivity contribution in [3.05, 3.63) is 45.2 Å². The predicted molar refractivity (Wildman–Crippen MR) is 167 cm³/mol. The number of aliphatic imine (C=N–C) groups is 1. The van der Waals surface area contributed by atoms with E-state index in [-0.39, 0.29) is 34.6 Å². The van der Waals surface area contributed by atoms with Crippen molar-refractivity contribution in [1.29, 1.82) is 0 Å². The van der Waals surface area contributed by atoms with Crippen molar-refractivity contribution < 1.29 is 29.1 Å². The predicted octanol–water partition coefficient (Wildman–Crippen LogP) is 3.58. The molecule has 1 aromatic carbocycles. The first kappa shape index (κ1) is 30.4. The minimum absolute atomic E-state index is 0.00525. The number of β-amino-alcohol motifs (C(OH)–C–C–N with tert-alkyl or cyclic N) is 1. The number of aromatic nitrogens is 1. The van der Waals surface area contributed by atoms with Gasteiger partial charge in [-0.3, -0.25) is 14.4 Å². The average molecular weight is 627 g/mol. The summed E-state index contributed by atoms with van der Waals surface area (Å²) in [4.78, 5) is 52.4. The SMILES string of the molecule is CC(=O)c1sc(=NC2(C)C(C(C)=O)SC(=Nc3ccc(C(=O)N4CCC(O)C4)cc3)[N+]2(CCO)C2CC2)n(C2CC2)c1C. The molecule has 4 unspecified atom stereocenters. The first-order chi connectivity index (χ1) is 20.5. The Balaban J connectivity index is 1.45. The third kappa shape index (κ3) is 5.24. The standard InChI is InChI=1S/C31H40N5O5S2/c1-18-26(19(2)38)42-29(35(18)23-9-10-23)33-31(4)27(20(3)39)43-30(36(31,15-16-37)24-11-12-24)32-22-7-5-21(6-8-22)28(41)34-14-13-25(40)17-34/h5-8,23-25,27,37,40H,9-17H2,1-4H3/q+1. The van der Waals surface area contributed by atoms with E-state index < -0.39 is 17.0 Å². The summed E-state index contributed by atoms with van der Waals surface area (Å²) in [5.41, 5.74) is 1.17. The van der Waals surface area contributed by atoms with E-state index in [4.69, 9.17) is 9.98 Å². The molecule has 10 nitrogen and oxygen atoms in total. The van der Waals surface area contributed by atoms with Crippen LogP contribution < -0.4 is 4.80 Å². The fourth-order valence-electron chi connectivity index (χ4n) is 6.87. The van der Waals surface area contributed by atoms with Gasteiger partial charge in [-0.05, 0) is 69.1 Å². The summed E-state index contributed by atoms with van der Waals surface area (Å²) in [5, 5.41) is 20.5. The summed E-state index contributed by atoms with van der Waals surface area (Å²) in [6.45, 7) is 8.33. The normalized spacial score (nSPS) is 30.4. The van der Waals surface area contributed by atoms with Gasteiger partial charge < -0.3 is 19.7 Å². The number of nitrogens with zero attached hydrogens (tertiary/aromatic N) is 5. The molecule has 12 heteroatoms. The van der Waals surface area contributed by atoms with Crippen LogP contribution in [0.4, 0.5) is 5.69 Å². The van der Waals surface area contributed by atoms with E-state index in [1.54, 1.807) is 30.9 Å². The molecule has 4 fully saturated rings. The van der Waals surface area contributed by atoms with Crippen molar-refractivity contribution in [3.63, 3.8) is 0 Å². The molecule has 230 valence electrons. The number of aliphatic hydroxyl groups excluding tert-OH is 2. The van der Waals surface area contributed by atoms with E-state index in [1.807, 2.05) is 26.0 Å². The number of hydrogen-bond acceptors (Lipinski definition) is 9. The van der Waals surface area contributed by atoms with Crippen LogP contribution in [0.15, 0.2) is 34.3 Å². The van der Waals surface area contributed by atoms with Gasteiger partial charge in [0.1, 0.15) is 6.54 Å². The number of quaternary nitrogens is 1. The molecule has 2 saturated carbocycles. The van der Waals surface area contributed by atoms with E-state index in [9.17, 15) is 24.6 Å². The highest BCUT2D eigenvalue weighted by molar-refractivity contribution is 8.15. The number of Topliss-reactive ketones (excluding diaryl/α,β-unsaturated/α-hetero) is 2. The molecule has 2 aliphatic carbocycles. The highest BCUT2D eigenvalue weighted by Gasteiger charge is 2.70. The second-order valence-electron chi connectivity index (χ2n) is 12.5. The van der Waals surface area contributed by atoms with Gasteiger partial charge in [-0.1, -0.05) is 11.3 Å². The maximum absolute atomic E-state index is 13.3. The van der Waals surface area contributed by atoms with Crippen molar-refractivity contribution in [3.8, 4) is 0 Å². The molecule has 3 heterocycles. The highest BCUT2D eigenvalue weighted by Crippen LogP contribution is 2.54. The van der Waals surface area contributed by atoms with Crippen LogP contribution in [0, 0.1) is 6.92 Å². The van der Waals surface area contributed by atoms with Crippen LogP contribution >= 0.6 is 23.1 Å². The van der Waals surface area contributed by atoms with Crippen LogP contribution in [0.2, 0.25) is 0 Å². The van der Waals surface area contributed by atoms with Crippen molar-refractivity contribution in [2.45, 2.75) is 88.9 Å². The Hall–Kier alpha value is -2.64. The molecule has 0 radical (unpaired) electrons. The molecule has 2 aliphatic heterocycles. The molecule has 0 spiro atoms. The van der Waals surface area contributed by atoms with Gasteiger partial charge in [0.05, 0.1) is 29.3 Å². The van der Waals surface area contributed by atoms with Gasteiger partial charge in [0.15, 0.2) is 21.6 Å². The van der Waals surface area contributed by atoms with E-state index in [0.717, 1.165) is 41.3 Å². The van der Waals surface area contributed by atoms with Gasteiger partial charge in [-0.15, -0.1) is 0 Å². The van der Waals surface area contributed by atoms with Gasteiger partial charge in [-0.25, -0.2) is 4.48 Å². The zero-order valence-corrected chi connectivity index (χ0v) is 26.8. The number of amides is 1. The quantitative estimate of drug-likeness (QED) is 0.324. The molecular formula is C31H40N5O5S2+. The zero-order valence-electron chi connectivity index (χ0n) is 25.2. The Kier molecular flexibility index (Phi) is 8.04. The maximum Gasteiger partial charge on any atom is 0.267 e. The summed E-state index contributed by atoms with van der Waals surface area (Å²) in [6, 6.07) is 7.59. The molecule has 6 rings (SSSR count). The largest absolute Gasteiger partial charge is 0.391 e. The number of ketones is 2. The Morgan fingerprint density at radius 2 is 1.79 bits per heavy atom. The third-order valence-electron chi connectivity index (χ3n) is 9.29. The fraction of sp³-hybridized carbons (Fsp3) is 0.581. The van der Waals surface area contributed by atoms with Crippen LogP contribution in [-0.2, 0) is 4.79 Å². The minimum atomic E-state index is -0.951. The topological polar surface area (TPSA) is 125 Å². The molecule has 4 atom stereocenters. The lowest BCUT2D eigenvalue weighted by molar-refractivity contribution is -0.896. The van der Waals surface area contributed by atoms with Gasteiger partial charge in [0, 0.05) is 57.1 Å². The third-order valence-corrected chi connectivity index (χ3v) is 12.2. The van der Waals surface area contributed by atoms with Crippen molar-refractivity contribution in [2.75, 3.05) is 26.2 Å². The lowest BCUT2D eigenvalue weighted by Gasteiger charge is -2.44. The summed E-state index contributed by atoms with van der Waals surface area (Å²) in [7, 11) is 0. The highest BCUT2D eigenvalue weighted by atomic mass is 32.2. The van der Waals surface area contributed by atoms with Crippen LogP contribution in [0.3, 0.4) is 0 Å². The number of carbonyl (C=O) groups is 3. The number of carbonyl (C=O) groups excluding carboxylic acids is 3. The molecule has 1 aromatic heterocycles. The molecule has 43 heavy (non-hydrogen) atoms. The van der Waals surface area contributed by atoms with Crippen LogP contribution in [-0.4, -0.2) is 96.1 Å². The summed E-state index contributed by atoms with van der Waals surface area (Å²) in [5.74, 6) is -0.109. The fourth-order valence-corrected chi connectivity index (χ4v) is 9.67. The number of amidine groups is 1. The molecule has 2 N–H and O–H groups in total. The number of likely N-dealkylation sites (tertiary alicyclic amines) is 1. The monoisotopic (exact) mass is 626 g/mol. The Morgan fingerprint density at radius 1 is 1.09 bits per heavy atom. The molecule has 0 bridgehead atoms. The Labute approximate surface area is 259 Å². The number of aliphatic hydroxyl groups is 2. The Bertz CT molecular complexity index is 1560. The second-order valence-corrected chi connectivity index (χ2v) is 14.5. The minimum Gasteiger partial charge on any atom is -0.391 e. The molecular weight excluding hydrogens is 587 g/mol. The van der Waals surface area contributed by atoms with Gasteiger partial charge in [-0.2, -0.15) is 9.98 Å². The van der Waals surface area contributed by atoms with E-state index in [0.29, 0.717) is 48.2 Å². The number of rotatable bonds is 9. The zero-order chi connectivity index (χ0) is 30.7. The van der Waals surface area contributed by atoms with E-state index in [1.165, 1.54) is 23.1 Å². The summed E-state index contributed by atoms with van der Waals surface area (Å²) < 4.78 is 2.46. The lowest BCUT2D eigenvalue weighted by atomic mass is 9.99. The van der Waals surface area contributed by atoms with Crippen molar-refractivity contribution >= 4 is 51.4 Å². The maximum atomic E-state index is 13.3. The van der Waals surface area contributed by atoms with Crippen LogP contribution in [0.1, 0.15) is 84.6 Å². The van der Waals surface area contributed by atoms with Crippen LogP contribution in [0.5, 0.6) is 0 Å². The lowest BCUT2D eigenvalue weighted by Crippen LogP contribution is -2.67. The van der Waals surface area contributed by atoms with Gasteiger partial charge >= 0.3 is 0 Å². The second kappa shape index (κ2) is 11.4. The van der Waals surface area contributed by atoms with Crippen molar-refractivity contribution in [2.24, 2.45) is 9.98 Å². The molecule has 4 aliphatic rings. The first-order valence-electron chi connectivity index (χ1n) is 15.1. The van der Waals surface area contributed by atoms with Gasteiger partial charge in [0.25, 0.3) is 11.1 Å². The first-order valence-corrected chi connectivity index (χ1v) is 16.8. The number of thioether (sulfide) groups is 1. The summed E-state index contributed by atoms with van der Waals surface area (Å²) in [6.07, 6.45) is 4.06.